The largest absolute Gasteiger partial charge is 0.444 e. The molecule has 0 aromatic carbocycles. The maximum absolute atomic E-state index is 12.3. The van der Waals surface area contributed by atoms with Crippen molar-refractivity contribution in [1.82, 2.24) is 19.5 Å². The van der Waals surface area contributed by atoms with E-state index in [-0.39, 0.29) is 11.3 Å². The van der Waals surface area contributed by atoms with E-state index in [1.165, 1.54) is 0 Å². The number of nitrogens with zero attached hydrogens (tertiary/aromatic N) is 4. The number of amides is 1. The van der Waals surface area contributed by atoms with Crippen LogP contribution in [0.1, 0.15) is 31.7 Å². The van der Waals surface area contributed by atoms with E-state index in [0.717, 1.165) is 11.4 Å². The van der Waals surface area contributed by atoms with Gasteiger partial charge in [0.1, 0.15) is 10.8 Å². The molecule has 1 fully saturated rings. The van der Waals surface area contributed by atoms with Crippen LogP contribution in [0.3, 0.4) is 0 Å². The van der Waals surface area contributed by atoms with Gasteiger partial charge in [-0.3, -0.25) is 0 Å². The second-order valence-electron chi connectivity index (χ2n) is 6.39. The second kappa shape index (κ2) is 6.20. The van der Waals surface area contributed by atoms with Crippen molar-refractivity contribution in [1.29, 1.82) is 0 Å². The number of carbonyl (C=O) groups is 1. The summed E-state index contributed by atoms with van der Waals surface area (Å²) in [6.07, 6.45) is 1.39. The van der Waals surface area contributed by atoms with Crippen LogP contribution in [0.2, 0.25) is 5.15 Å². The number of thioether (sulfide) groups is 1. The van der Waals surface area contributed by atoms with Crippen LogP contribution < -0.4 is 0 Å². The van der Waals surface area contributed by atoms with Gasteiger partial charge in [-0.1, -0.05) is 11.6 Å². The molecule has 0 N–H and O–H groups in total. The Morgan fingerprint density at radius 1 is 1.48 bits per heavy atom. The highest BCUT2D eigenvalue weighted by Gasteiger charge is 2.29. The molecule has 0 saturated carbocycles. The fourth-order valence-corrected chi connectivity index (χ4v) is 3.81. The van der Waals surface area contributed by atoms with Gasteiger partial charge in [-0.05, 0) is 26.8 Å². The third-order valence-electron chi connectivity index (χ3n) is 3.38. The van der Waals surface area contributed by atoms with Crippen molar-refractivity contribution in [2.45, 2.75) is 31.6 Å². The molecule has 124 valence electrons. The lowest BCUT2D eigenvalue weighted by Crippen LogP contribution is -2.42. The number of hydrogen-bond donors (Lipinski definition) is 0. The smallest absolute Gasteiger partial charge is 0.410 e. The monoisotopic (exact) mass is 354 g/mol. The summed E-state index contributed by atoms with van der Waals surface area (Å²) in [5.74, 6) is 0.841. The molecule has 1 aliphatic heterocycles. The molecule has 0 aliphatic carbocycles. The van der Waals surface area contributed by atoms with Crippen LogP contribution >= 0.6 is 23.4 Å². The molecule has 23 heavy (non-hydrogen) atoms. The van der Waals surface area contributed by atoms with Crippen LogP contribution in [0.25, 0.3) is 5.65 Å². The first-order chi connectivity index (χ1) is 10.8. The van der Waals surface area contributed by atoms with Crippen LogP contribution in [-0.4, -0.2) is 50.0 Å². The number of halogens is 1. The number of fused-ring (bicyclic) bond motifs is 1. The fraction of sp³-hybridized carbons (Fsp3) is 0.533. The molecule has 2 aromatic heterocycles. The molecule has 0 bridgehead atoms. The van der Waals surface area contributed by atoms with E-state index in [0.29, 0.717) is 23.9 Å². The summed E-state index contributed by atoms with van der Waals surface area (Å²) in [7, 11) is 0. The predicted octanol–water partition coefficient (Wildman–Crippen LogP) is 3.41. The SMILES string of the molecule is CC(C)(C)OC(=O)N1CCSC(c2cc(Cl)n3nccc3n2)C1. The first-order valence-corrected chi connectivity index (χ1v) is 8.86. The van der Waals surface area contributed by atoms with Gasteiger partial charge >= 0.3 is 6.09 Å². The average molecular weight is 355 g/mol. The molecule has 1 aliphatic rings. The second-order valence-corrected chi connectivity index (χ2v) is 8.09. The summed E-state index contributed by atoms with van der Waals surface area (Å²) in [5, 5.41) is 4.71. The van der Waals surface area contributed by atoms with Crippen molar-refractivity contribution in [3.05, 3.63) is 29.2 Å². The van der Waals surface area contributed by atoms with E-state index < -0.39 is 5.60 Å². The van der Waals surface area contributed by atoms with E-state index in [4.69, 9.17) is 16.3 Å². The molecular formula is C15H19ClN4O2S. The van der Waals surface area contributed by atoms with Crippen molar-refractivity contribution >= 4 is 35.1 Å². The molecule has 3 heterocycles. The van der Waals surface area contributed by atoms with Gasteiger partial charge in [-0.25, -0.2) is 14.3 Å². The van der Waals surface area contributed by atoms with Gasteiger partial charge < -0.3 is 9.64 Å². The fourth-order valence-electron chi connectivity index (χ4n) is 2.38. The van der Waals surface area contributed by atoms with Crippen LogP contribution in [0, 0.1) is 0 Å². The summed E-state index contributed by atoms with van der Waals surface area (Å²) in [4.78, 5) is 18.6. The Labute approximate surface area is 144 Å². The van der Waals surface area contributed by atoms with Gasteiger partial charge in [0.05, 0.1) is 17.1 Å². The highest BCUT2D eigenvalue weighted by atomic mass is 35.5. The Balaban J connectivity index is 1.78. The maximum atomic E-state index is 12.3. The van der Waals surface area contributed by atoms with E-state index in [2.05, 4.69) is 10.1 Å². The van der Waals surface area contributed by atoms with E-state index in [1.807, 2.05) is 32.9 Å². The molecule has 0 radical (unpaired) electrons. The third kappa shape index (κ3) is 3.72. The summed E-state index contributed by atoms with van der Waals surface area (Å²) in [6.45, 7) is 6.86. The number of rotatable bonds is 1. The molecule has 8 heteroatoms. The lowest BCUT2D eigenvalue weighted by Gasteiger charge is -2.33. The minimum Gasteiger partial charge on any atom is -0.444 e. The Hall–Kier alpha value is -1.47. The van der Waals surface area contributed by atoms with Gasteiger partial charge in [0.2, 0.25) is 0 Å². The summed E-state index contributed by atoms with van der Waals surface area (Å²) in [5.41, 5.74) is 1.08. The number of carbonyl (C=O) groups excluding carboxylic acids is 1. The Morgan fingerprint density at radius 2 is 2.26 bits per heavy atom. The highest BCUT2D eigenvalue weighted by molar-refractivity contribution is 7.99. The minimum absolute atomic E-state index is 0.0775. The van der Waals surface area contributed by atoms with E-state index >= 15 is 0 Å². The Bertz CT molecular complexity index is 728. The zero-order chi connectivity index (χ0) is 16.6. The quantitative estimate of drug-likeness (QED) is 0.734. The Kier molecular flexibility index (Phi) is 4.42. The molecule has 3 rings (SSSR count). The average Bonchev–Trinajstić information content (AvgIpc) is 2.94. The summed E-state index contributed by atoms with van der Waals surface area (Å²) >= 11 is 8.03. The van der Waals surface area contributed by atoms with Crippen LogP contribution in [0.4, 0.5) is 4.79 Å². The highest BCUT2D eigenvalue weighted by Crippen LogP contribution is 2.34. The van der Waals surface area contributed by atoms with Crippen molar-refractivity contribution < 1.29 is 9.53 Å². The topological polar surface area (TPSA) is 59.7 Å². The van der Waals surface area contributed by atoms with Crippen molar-refractivity contribution in [2.24, 2.45) is 0 Å². The third-order valence-corrected chi connectivity index (χ3v) is 4.86. The number of hydrogen-bond acceptors (Lipinski definition) is 5. The van der Waals surface area contributed by atoms with Crippen LogP contribution in [-0.2, 0) is 4.74 Å². The number of aromatic nitrogens is 3. The standard InChI is InChI=1S/C15H19ClN4O2S/c1-15(2,3)22-14(21)19-6-7-23-11(9-19)10-8-12(16)20-13(18-10)4-5-17-20/h4-5,8,11H,6-7,9H2,1-3H3. The van der Waals surface area contributed by atoms with Crippen molar-refractivity contribution in [2.75, 3.05) is 18.8 Å². The molecule has 1 unspecified atom stereocenters. The molecule has 2 aromatic rings. The van der Waals surface area contributed by atoms with Crippen LogP contribution in [0.5, 0.6) is 0 Å². The first kappa shape index (κ1) is 16.4. The van der Waals surface area contributed by atoms with Gasteiger partial charge in [0, 0.05) is 24.9 Å². The van der Waals surface area contributed by atoms with Gasteiger partial charge in [0.25, 0.3) is 0 Å². The first-order valence-electron chi connectivity index (χ1n) is 7.43. The normalized spacial score (nSPS) is 19.1. The molecule has 1 atom stereocenters. The Morgan fingerprint density at radius 3 is 3.00 bits per heavy atom. The van der Waals surface area contributed by atoms with Crippen molar-refractivity contribution in [3.63, 3.8) is 0 Å². The molecule has 6 nitrogen and oxygen atoms in total. The molecule has 0 spiro atoms. The predicted molar refractivity (Wildman–Crippen MR) is 91.0 cm³/mol. The number of ether oxygens (including phenoxy) is 1. The van der Waals surface area contributed by atoms with Crippen LogP contribution in [0.15, 0.2) is 18.3 Å². The van der Waals surface area contributed by atoms with E-state index in [9.17, 15) is 4.79 Å². The zero-order valence-corrected chi connectivity index (χ0v) is 14.9. The molecule has 1 saturated heterocycles. The summed E-state index contributed by atoms with van der Waals surface area (Å²) in [6, 6.07) is 3.63. The zero-order valence-electron chi connectivity index (χ0n) is 13.3. The van der Waals surface area contributed by atoms with Gasteiger partial charge in [0.15, 0.2) is 5.65 Å². The lowest BCUT2D eigenvalue weighted by atomic mass is 10.2. The minimum atomic E-state index is -0.491. The summed E-state index contributed by atoms with van der Waals surface area (Å²) < 4.78 is 7.05. The molecular weight excluding hydrogens is 336 g/mol. The maximum Gasteiger partial charge on any atom is 0.410 e. The van der Waals surface area contributed by atoms with E-state index in [1.54, 1.807) is 27.4 Å². The molecule has 1 amide bonds. The van der Waals surface area contributed by atoms with Gasteiger partial charge in [-0.15, -0.1) is 11.8 Å². The van der Waals surface area contributed by atoms with Crippen molar-refractivity contribution in [3.8, 4) is 0 Å². The lowest BCUT2D eigenvalue weighted by molar-refractivity contribution is 0.0256. The van der Waals surface area contributed by atoms with Gasteiger partial charge in [-0.2, -0.15) is 5.10 Å².